The Balaban J connectivity index is 0.992. The van der Waals surface area contributed by atoms with Crippen LogP contribution in [0.15, 0.2) is 200 Å². The molecule has 0 N–H and O–H groups in total. The first-order chi connectivity index (χ1) is 25.7. The largest absolute Gasteiger partial charge is 0.263 e. The fourth-order valence-electron chi connectivity index (χ4n) is 6.83. The van der Waals surface area contributed by atoms with E-state index in [1.165, 1.54) is 27.6 Å². The van der Waals surface area contributed by atoms with Crippen LogP contribution in [0.1, 0.15) is 0 Å². The van der Waals surface area contributed by atoms with Gasteiger partial charge in [-0.3, -0.25) is 4.98 Å². The molecule has 0 aliphatic carbocycles. The van der Waals surface area contributed by atoms with Crippen LogP contribution in [0, 0.1) is 0 Å². The lowest BCUT2D eigenvalue weighted by atomic mass is 9.96. The van der Waals surface area contributed by atoms with Crippen LogP contribution in [0.5, 0.6) is 0 Å². The predicted octanol–water partition coefficient (Wildman–Crippen LogP) is 12.7. The number of aromatic nitrogens is 3. The fraction of sp³-hybridized carbons (Fsp3) is 0. The van der Waals surface area contributed by atoms with Gasteiger partial charge in [0.15, 0.2) is 5.82 Å². The number of fused-ring (bicyclic) bond motifs is 1. The lowest BCUT2D eigenvalue weighted by Gasteiger charge is -2.11. The van der Waals surface area contributed by atoms with Gasteiger partial charge in [0.25, 0.3) is 0 Å². The fourth-order valence-corrected chi connectivity index (χ4v) is 6.83. The molecule has 3 nitrogen and oxygen atoms in total. The third kappa shape index (κ3) is 6.28. The molecule has 0 unspecified atom stereocenters. The molecule has 0 amide bonds. The van der Waals surface area contributed by atoms with Crippen LogP contribution in [0.4, 0.5) is 0 Å². The second-order valence-electron chi connectivity index (χ2n) is 12.9. The molecule has 0 spiro atoms. The molecular formula is C49H33N3. The molecule has 0 saturated heterocycles. The number of rotatable bonds is 7. The van der Waals surface area contributed by atoms with E-state index in [4.69, 9.17) is 9.97 Å². The van der Waals surface area contributed by atoms with Crippen LogP contribution < -0.4 is 0 Å². The monoisotopic (exact) mass is 663 g/mol. The summed E-state index contributed by atoms with van der Waals surface area (Å²) >= 11 is 0. The number of benzene rings is 7. The maximum absolute atomic E-state index is 5.05. The van der Waals surface area contributed by atoms with E-state index in [9.17, 15) is 0 Å². The quantitative estimate of drug-likeness (QED) is 0.170. The summed E-state index contributed by atoms with van der Waals surface area (Å²) in [5.41, 5.74) is 14.2. The van der Waals surface area contributed by atoms with Crippen molar-refractivity contribution in [2.24, 2.45) is 0 Å². The van der Waals surface area contributed by atoms with Crippen LogP contribution in [0.3, 0.4) is 0 Å². The normalized spacial score (nSPS) is 11.1. The minimum Gasteiger partial charge on any atom is -0.263 e. The van der Waals surface area contributed by atoms with Crippen LogP contribution in [0.2, 0.25) is 0 Å². The van der Waals surface area contributed by atoms with Gasteiger partial charge in [-0.15, -0.1) is 0 Å². The minimum absolute atomic E-state index is 0.708. The van der Waals surface area contributed by atoms with E-state index in [0.29, 0.717) is 5.82 Å². The van der Waals surface area contributed by atoms with Gasteiger partial charge < -0.3 is 0 Å². The van der Waals surface area contributed by atoms with Gasteiger partial charge in [0.2, 0.25) is 0 Å². The first kappa shape index (κ1) is 31.0. The first-order valence-electron chi connectivity index (χ1n) is 17.5. The zero-order valence-corrected chi connectivity index (χ0v) is 28.4. The Labute approximate surface area is 303 Å². The Bertz CT molecular complexity index is 2630. The minimum atomic E-state index is 0.708. The third-order valence-electron chi connectivity index (χ3n) is 9.62. The summed E-state index contributed by atoms with van der Waals surface area (Å²) in [6.45, 7) is 0. The van der Waals surface area contributed by atoms with Crippen LogP contribution in [-0.2, 0) is 0 Å². The van der Waals surface area contributed by atoms with Crippen molar-refractivity contribution in [1.29, 1.82) is 0 Å². The average Bonchev–Trinajstić information content (AvgIpc) is 3.24. The van der Waals surface area contributed by atoms with E-state index in [2.05, 4.69) is 169 Å². The van der Waals surface area contributed by atoms with E-state index in [1.807, 2.05) is 36.7 Å². The molecule has 0 aliphatic heterocycles. The van der Waals surface area contributed by atoms with E-state index in [1.54, 1.807) is 0 Å². The summed E-state index contributed by atoms with van der Waals surface area (Å²) in [4.78, 5) is 14.6. The lowest BCUT2D eigenvalue weighted by molar-refractivity contribution is 1.18. The molecule has 0 radical (unpaired) electrons. The van der Waals surface area contributed by atoms with E-state index in [0.717, 1.165) is 55.7 Å². The third-order valence-corrected chi connectivity index (χ3v) is 9.62. The molecule has 0 atom stereocenters. The van der Waals surface area contributed by atoms with Gasteiger partial charge in [0.05, 0.1) is 11.4 Å². The molecule has 3 heteroatoms. The summed E-state index contributed by atoms with van der Waals surface area (Å²) in [5, 5.41) is 2.36. The second-order valence-corrected chi connectivity index (χ2v) is 12.9. The molecule has 2 aromatic heterocycles. The maximum Gasteiger partial charge on any atom is 0.160 e. The molecular weight excluding hydrogens is 631 g/mol. The highest BCUT2D eigenvalue weighted by Gasteiger charge is 2.12. The first-order valence-corrected chi connectivity index (χ1v) is 17.5. The van der Waals surface area contributed by atoms with Gasteiger partial charge >= 0.3 is 0 Å². The van der Waals surface area contributed by atoms with Crippen molar-refractivity contribution in [2.75, 3.05) is 0 Å². The predicted molar refractivity (Wildman–Crippen MR) is 215 cm³/mol. The second kappa shape index (κ2) is 13.7. The molecule has 0 bridgehead atoms. The van der Waals surface area contributed by atoms with Crippen LogP contribution in [-0.4, -0.2) is 15.0 Å². The molecule has 2 heterocycles. The highest BCUT2D eigenvalue weighted by Crippen LogP contribution is 2.33. The smallest absolute Gasteiger partial charge is 0.160 e. The van der Waals surface area contributed by atoms with Crippen molar-refractivity contribution in [3.63, 3.8) is 0 Å². The van der Waals surface area contributed by atoms with Crippen molar-refractivity contribution >= 4 is 10.8 Å². The van der Waals surface area contributed by atoms with Gasteiger partial charge in [-0.1, -0.05) is 176 Å². The van der Waals surface area contributed by atoms with Gasteiger partial charge in [0, 0.05) is 40.0 Å². The van der Waals surface area contributed by atoms with Crippen molar-refractivity contribution in [1.82, 2.24) is 15.0 Å². The van der Waals surface area contributed by atoms with Gasteiger partial charge in [-0.25, -0.2) is 9.97 Å². The van der Waals surface area contributed by atoms with E-state index < -0.39 is 0 Å². The molecule has 7 aromatic carbocycles. The summed E-state index contributed by atoms with van der Waals surface area (Å²) in [6.07, 6.45) is 3.87. The molecule has 9 aromatic rings. The number of nitrogens with zero attached hydrogens (tertiary/aromatic N) is 3. The number of hydrogen-bond acceptors (Lipinski definition) is 3. The number of hydrogen-bond donors (Lipinski definition) is 0. The molecule has 9 rings (SSSR count). The zero-order chi connectivity index (χ0) is 34.7. The van der Waals surface area contributed by atoms with Crippen molar-refractivity contribution in [2.45, 2.75) is 0 Å². The molecule has 0 aliphatic rings. The summed E-state index contributed by atoms with van der Waals surface area (Å²) in [6, 6.07) is 65.9. The van der Waals surface area contributed by atoms with Crippen LogP contribution >= 0.6 is 0 Å². The summed E-state index contributed by atoms with van der Waals surface area (Å²) in [7, 11) is 0. The molecule has 0 saturated carbocycles. The Morgan fingerprint density at radius 3 is 1.38 bits per heavy atom. The Hall–Kier alpha value is -6.97. The van der Waals surface area contributed by atoms with Crippen molar-refractivity contribution in [3.05, 3.63) is 200 Å². The van der Waals surface area contributed by atoms with Gasteiger partial charge in [-0.2, -0.15) is 0 Å². The topological polar surface area (TPSA) is 38.7 Å². The van der Waals surface area contributed by atoms with Gasteiger partial charge in [-0.05, 0) is 56.5 Å². The highest BCUT2D eigenvalue weighted by atomic mass is 14.9. The molecule has 244 valence electrons. The van der Waals surface area contributed by atoms with Crippen LogP contribution in [0.25, 0.3) is 89.2 Å². The highest BCUT2D eigenvalue weighted by molar-refractivity contribution is 5.96. The summed E-state index contributed by atoms with van der Waals surface area (Å²) in [5.74, 6) is 0.708. The standard InChI is InChI=1S/C49H33N3/c1-3-10-34(11-4-1)42-15-9-16-43(30-42)48-31-47(51-49(52-48)41-12-5-2-6-13-41)40-28-24-38(25-29-40)36-20-18-35(19-21-36)37-22-26-39(27-23-37)46-33-50-32-44-14-7-8-17-45(44)46/h1-33H. The lowest BCUT2D eigenvalue weighted by Crippen LogP contribution is -1.96. The number of pyridine rings is 1. The SMILES string of the molecule is c1ccc(-c2cccc(-c3cc(-c4ccc(-c5ccc(-c6ccc(-c7cncc8ccccc78)cc6)cc5)cc4)nc(-c4ccccc4)n3)c2)cc1. The van der Waals surface area contributed by atoms with E-state index >= 15 is 0 Å². The van der Waals surface area contributed by atoms with Gasteiger partial charge in [0.1, 0.15) is 0 Å². The molecule has 52 heavy (non-hydrogen) atoms. The summed E-state index contributed by atoms with van der Waals surface area (Å²) < 4.78 is 0. The van der Waals surface area contributed by atoms with Crippen molar-refractivity contribution < 1.29 is 0 Å². The maximum atomic E-state index is 5.05. The molecule has 0 fully saturated rings. The van der Waals surface area contributed by atoms with E-state index in [-0.39, 0.29) is 0 Å². The van der Waals surface area contributed by atoms with Crippen molar-refractivity contribution in [3.8, 4) is 78.4 Å². The average molecular weight is 664 g/mol. The Morgan fingerprint density at radius 1 is 0.288 bits per heavy atom. The Kier molecular flexibility index (Phi) is 8.20. The Morgan fingerprint density at radius 2 is 0.750 bits per heavy atom. The zero-order valence-electron chi connectivity index (χ0n) is 28.4.